The second-order valence-corrected chi connectivity index (χ2v) is 6.79. The topological polar surface area (TPSA) is 69.9 Å². The molecule has 1 aliphatic heterocycles. The van der Waals surface area contributed by atoms with Gasteiger partial charge in [0.15, 0.2) is 0 Å². The van der Waals surface area contributed by atoms with Crippen molar-refractivity contribution >= 4 is 11.8 Å². The maximum absolute atomic E-state index is 12.3. The lowest BCUT2D eigenvalue weighted by atomic mass is 9.86. The molecule has 0 radical (unpaired) electrons. The Morgan fingerprint density at radius 3 is 1.95 bits per heavy atom. The summed E-state index contributed by atoms with van der Waals surface area (Å²) in [4.78, 5) is 29.7. The van der Waals surface area contributed by atoms with E-state index in [1.807, 2.05) is 44.7 Å². The Morgan fingerprint density at radius 2 is 1.55 bits per heavy atom. The van der Waals surface area contributed by atoms with Gasteiger partial charge in [-0.1, -0.05) is 20.8 Å². The Labute approximate surface area is 121 Å². The fourth-order valence-corrected chi connectivity index (χ4v) is 2.11. The predicted octanol–water partition coefficient (Wildman–Crippen LogP) is -0.408. The lowest BCUT2D eigenvalue weighted by molar-refractivity contribution is -0.142. The van der Waals surface area contributed by atoms with Gasteiger partial charge in [-0.2, -0.15) is 0 Å². The van der Waals surface area contributed by atoms with Crippen LogP contribution in [0.1, 0.15) is 20.8 Å². The average Bonchev–Trinajstić information content (AvgIpc) is 2.35. The number of hydrogen-bond donors (Lipinski definition) is 1. The van der Waals surface area contributed by atoms with Crippen LogP contribution >= 0.6 is 0 Å². The fraction of sp³-hybridized carbons (Fsp3) is 0.857. The van der Waals surface area contributed by atoms with E-state index in [1.54, 1.807) is 4.90 Å². The molecule has 1 rings (SSSR count). The van der Waals surface area contributed by atoms with Gasteiger partial charge in [-0.3, -0.25) is 9.59 Å². The number of piperazine rings is 1. The summed E-state index contributed by atoms with van der Waals surface area (Å²) in [6.45, 7) is 8.63. The van der Waals surface area contributed by atoms with Crippen molar-refractivity contribution in [2.24, 2.45) is 11.1 Å². The summed E-state index contributed by atoms with van der Waals surface area (Å²) < 4.78 is 0. The van der Waals surface area contributed by atoms with Crippen LogP contribution in [0.5, 0.6) is 0 Å². The Balaban J connectivity index is 2.50. The highest BCUT2D eigenvalue weighted by atomic mass is 16.2. The molecule has 116 valence electrons. The number of nitrogens with zero attached hydrogens (tertiary/aromatic N) is 3. The van der Waals surface area contributed by atoms with Crippen molar-refractivity contribution in [3.05, 3.63) is 0 Å². The van der Waals surface area contributed by atoms with Crippen molar-refractivity contribution in [2.75, 3.05) is 46.8 Å². The van der Waals surface area contributed by atoms with Gasteiger partial charge >= 0.3 is 0 Å². The molecule has 0 aliphatic carbocycles. The summed E-state index contributed by atoms with van der Waals surface area (Å²) in [5.41, 5.74) is 5.77. The number of rotatable bonds is 3. The van der Waals surface area contributed by atoms with E-state index in [9.17, 15) is 9.59 Å². The van der Waals surface area contributed by atoms with Crippen LogP contribution in [0.4, 0.5) is 0 Å². The first-order valence-electron chi connectivity index (χ1n) is 7.10. The van der Waals surface area contributed by atoms with Crippen molar-refractivity contribution in [3.63, 3.8) is 0 Å². The molecule has 0 aromatic carbocycles. The number of hydrogen-bond acceptors (Lipinski definition) is 4. The number of nitrogens with two attached hydrogens (primary N) is 1. The van der Waals surface area contributed by atoms with E-state index in [4.69, 9.17) is 5.73 Å². The molecule has 0 spiro atoms. The summed E-state index contributed by atoms with van der Waals surface area (Å²) >= 11 is 0. The van der Waals surface area contributed by atoms with Crippen LogP contribution < -0.4 is 5.73 Å². The number of likely N-dealkylation sites (N-methyl/N-ethyl adjacent to an activating group) is 1. The van der Waals surface area contributed by atoms with E-state index in [-0.39, 0.29) is 17.2 Å². The Hall–Kier alpha value is -1.14. The molecule has 2 amide bonds. The molecular formula is C14H28N4O2. The molecule has 1 saturated heterocycles. The minimum absolute atomic E-state index is 0.0165. The largest absolute Gasteiger partial charge is 0.338 e. The molecule has 6 nitrogen and oxygen atoms in total. The first-order valence-corrected chi connectivity index (χ1v) is 7.10. The van der Waals surface area contributed by atoms with E-state index in [1.165, 1.54) is 0 Å². The van der Waals surface area contributed by atoms with E-state index in [0.717, 1.165) is 0 Å². The minimum Gasteiger partial charge on any atom is -0.338 e. The Bertz CT molecular complexity index is 355. The highest BCUT2D eigenvalue weighted by molar-refractivity contribution is 5.83. The first kappa shape index (κ1) is 16.9. The lowest BCUT2D eigenvalue weighted by Crippen LogP contribution is -2.57. The summed E-state index contributed by atoms with van der Waals surface area (Å²) in [6.07, 6.45) is 0. The minimum atomic E-state index is -0.494. The van der Waals surface area contributed by atoms with Crippen LogP contribution in [0.25, 0.3) is 0 Å². The van der Waals surface area contributed by atoms with Gasteiger partial charge in [0.1, 0.15) is 0 Å². The molecule has 0 unspecified atom stereocenters. The van der Waals surface area contributed by atoms with E-state index in [0.29, 0.717) is 32.7 Å². The zero-order valence-electron chi connectivity index (χ0n) is 13.3. The summed E-state index contributed by atoms with van der Waals surface area (Å²) in [6, 6.07) is -0.494. The quantitative estimate of drug-likeness (QED) is 0.765. The molecule has 0 bridgehead atoms. The lowest BCUT2D eigenvalue weighted by Gasteiger charge is -2.38. The third-order valence-electron chi connectivity index (χ3n) is 3.59. The average molecular weight is 284 g/mol. The second-order valence-electron chi connectivity index (χ2n) is 6.79. The van der Waals surface area contributed by atoms with Crippen LogP contribution in [-0.4, -0.2) is 79.4 Å². The van der Waals surface area contributed by atoms with Crippen molar-refractivity contribution < 1.29 is 9.59 Å². The molecule has 1 fully saturated rings. The summed E-state index contributed by atoms with van der Waals surface area (Å²) in [7, 11) is 3.75. The Kier molecular flexibility index (Phi) is 5.53. The van der Waals surface area contributed by atoms with Crippen molar-refractivity contribution in [2.45, 2.75) is 26.8 Å². The number of carbonyl (C=O) groups is 2. The van der Waals surface area contributed by atoms with Crippen LogP contribution in [0.2, 0.25) is 0 Å². The third kappa shape index (κ3) is 4.45. The smallest absolute Gasteiger partial charge is 0.240 e. The zero-order valence-corrected chi connectivity index (χ0v) is 13.3. The van der Waals surface area contributed by atoms with Gasteiger partial charge in [0, 0.05) is 26.2 Å². The molecule has 20 heavy (non-hydrogen) atoms. The summed E-state index contributed by atoms with van der Waals surface area (Å²) in [5.74, 6) is 0.0967. The van der Waals surface area contributed by atoms with Crippen molar-refractivity contribution in [1.82, 2.24) is 14.7 Å². The number of amides is 2. The molecule has 6 heteroatoms. The van der Waals surface area contributed by atoms with E-state index < -0.39 is 6.04 Å². The normalized spacial score (nSPS) is 18.4. The molecule has 0 aromatic rings. The monoisotopic (exact) mass is 284 g/mol. The molecule has 0 saturated carbocycles. The maximum atomic E-state index is 12.3. The predicted molar refractivity (Wildman–Crippen MR) is 79.1 cm³/mol. The molecule has 2 N–H and O–H groups in total. The van der Waals surface area contributed by atoms with Crippen LogP contribution in [-0.2, 0) is 9.59 Å². The highest BCUT2D eigenvalue weighted by Gasteiger charge is 2.33. The standard InChI is InChI=1S/C14H28N4O2/c1-14(2,3)12(15)13(20)18-8-6-17(7-9-18)11(19)10-16(4)5/h12H,6-10,15H2,1-5H3/t12-/m1/s1. The fourth-order valence-electron chi connectivity index (χ4n) is 2.11. The number of carbonyl (C=O) groups excluding carboxylic acids is 2. The van der Waals surface area contributed by atoms with Gasteiger partial charge in [0.05, 0.1) is 12.6 Å². The van der Waals surface area contributed by atoms with Gasteiger partial charge in [-0.05, 0) is 19.5 Å². The molecular weight excluding hydrogens is 256 g/mol. The van der Waals surface area contributed by atoms with E-state index in [2.05, 4.69) is 0 Å². The van der Waals surface area contributed by atoms with Gasteiger partial charge in [-0.25, -0.2) is 0 Å². The third-order valence-corrected chi connectivity index (χ3v) is 3.59. The van der Waals surface area contributed by atoms with Gasteiger partial charge in [0.25, 0.3) is 0 Å². The van der Waals surface area contributed by atoms with Gasteiger partial charge < -0.3 is 20.4 Å². The van der Waals surface area contributed by atoms with Crippen LogP contribution in [0.3, 0.4) is 0 Å². The molecule has 0 aromatic heterocycles. The first-order chi connectivity index (χ1) is 9.12. The Morgan fingerprint density at radius 1 is 1.10 bits per heavy atom. The van der Waals surface area contributed by atoms with E-state index >= 15 is 0 Å². The summed E-state index contributed by atoms with van der Waals surface area (Å²) in [5, 5.41) is 0. The highest BCUT2D eigenvalue weighted by Crippen LogP contribution is 2.19. The zero-order chi connectivity index (χ0) is 15.5. The van der Waals surface area contributed by atoms with Crippen molar-refractivity contribution in [1.29, 1.82) is 0 Å². The van der Waals surface area contributed by atoms with Gasteiger partial charge in [-0.15, -0.1) is 0 Å². The molecule has 1 atom stereocenters. The molecule has 1 heterocycles. The van der Waals surface area contributed by atoms with Gasteiger partial charge in [0.2, 0.25) is 11.8 Å². The van der Waals surface area contributed by atoms with Crippen molar-refractivity contribution in [3.8, 4) is 0 Å². The maximum Gasteiger partial charge on any atom is 0.240 e. The van der Waals surface area contributed by atoms with Crippen LogP contribution in [0, 0.1) is 5.41 Å². The SMILES string of the molecule is CN(C)CC(=O)N1CCN(C(=O)[C@@H](N)C(C)(C)C)CC1. The van der Waals surface area contributed by atoms with Crippen LogP contribution in [0.15, 0.2) is 0 Å². The second kappa shape index (κ2) is 6.54. The molecule has 1 aliphatic rings.